The minimum absolute atomic E-state index is 0.0868. The number of amides is 1. The molecule has 0 unspecified atom stereocenters. The summed E-state index contributed by atoms with van der Waals surface area (Å²) in [5.74, 6) is -0.0868. The topological polar surface area (TPSA) is 46.5 Å². The minimum Gasteiger partial charge on any atom is -0.378 e. The number of rotatable bonds is 3. The van der Waals surface area contributed by atoms with E-state index in [4.69, 9.17) is 4.74 Å². The number of para-hydroxylation sites is 2. The van der Waals surface area contributed by atoms with E-state index in [0.717, 1.165) is 37.7 Å². The Kier molecular flexibility index (Phi) is 3.92. The van der Waals surface area contributed by atoms with E-state index in [0.29, 0.717) is 5.56 Å². The number of carbonyl (C=O) groups excluding carboxylic acids is 1. The first-order valence-electron chi connectivity index (χ1n) is 7.09. The first-order valence-corrected chi connectivity index (χ1v) is 7.09. The zero-order chi connectivity index (χ0) is 14.7. The Labute approximate surface area is 124 Å². The van der Waals surface area contributed by atoms with Crippen LogP contribution in [0.3, 0.4) is 0 Å². The van der Waals surface area contributed by atoms with Gasteiger partial charge in [0.05, 0.1) is 30.2 Å². The number of ether oxygens (including phenoxy) is 1. The summed E-state index contributed by atoms with van der Waals surface area (Å²) in [7, 11) is 1.90. The highest BCUT2D eigenvalue weighted by Gasteiger charge is 2.16. The van der Waals surface area contributed by atoms with Gasteiger partial charge in [0.1, 0.15) is 0 Å². The van der Waals surface area contributed by atoms with Gasteiger partial charge in [0.2, 0.25) is 0 Å². The quantitative estimate of drug-likeness (QED) is 0.939. The largest absolute Gasteiger partial charge is 0.378 e. The molecule has 1 aromatic heterocycles. The Bertz CT molecular complexity index is 630. The number of aryl methyl sites for hydroxylation is 1. The molecule has 5 heteroatoms. The molecular formula is C16H19N3O2. The van der Waals surface area contributed by atoms with Gasteiger partial charge in [0, 0.05) is 32.5 Å². The molecule has 21 heavy (non-hydrogen) atoms. The fourth-order valence-corrected chi connectivity index (χ4v) is 2.49. The molecule has 1 aliphatic rings. The number of nitrogens with one attached hydrogen (secondary N) is 1. The highest BCUT2D eigenvalue weighted by Crippen LogP contribution is 2.26. The van der Waals surface area contributed by atoms with Crippen LogP contribution in [-0.2, 0) is 11.8 Å². The van der Waals surface area contributed by atoms with E-state index in [1.807, 2.05) is 54.3 Å². The van der Waals surface area contributed by atoms with E-state index in [2.05, 4.69) is 10.2 Å². The smallest absolute Gasteiger partial charge is 0.257 e. The Morgan fingerprint density at radius 3 is 2.67 bits per heavy atom. The van der Waals surface area contributed by atoms with Crippen LogP contribution in [-0.4, -0.2) is 36.8 Å². The fraction of sp³-hybridized carbons (Fsp3) is 0.312. The Morgan fingerprint density at radius 1 is 1.19 bits per heavy atom. The lowest BCUT2D eigenvalue weighted by Crippen LogP contribution is -2.36. The predicted octanol–water partition coefficient (Wildman–Crippen LogP) is 2.11. The summed E-state index contributed by atoms with van der Waals surface area (Å²) in [6.07, 6.45) is 3.68. The van der Waals surface area contributed by atoms with E-state index >= 15 is 0 Å². The lowest BCUT2D eigenvalue weighted by atomic mass is 10.2. The van der Waals surface area contributed by atoms with Gasteiger partial charge in [0.15, 0.2) is 0 Å². The summed E-state index contributed by atoms with van der Waals surface area (Å²) < 4.78 is 7.25. The Morgan fingerprint density at radius 2 is 1.95 bits per heavy atom. The second-order valence-corrected chi connectivity index (χ2v) is 5.14. The fourth-order valence-electron chi connectivity index (χ4n) is 2.49. The molecule has 1 saturated heterocycles. The summed E-state index contributed by atoms with van der Waals surface area (Å²) in [6.45, 7) is 3.14. The van der Waals surface area contributed by atoms with Gasteiger partial charge in [-0.1, -0.05) is 12.1 Å². The van der Waals surface area contributed by atoms with Gasteiger partial charge < -0.3 is 19.5 Å². The molecule has 2 aromatic rings. The summed E-state index contributed by atoms with van der Waals surface area (Å²) >= 11 is 0. The van der Waals surface area contributed by atoms with Crippen LogP contribution in [0.1, 0.15) is 10.4 Å². The molecule has 1 amide bonds. The molecule has 1 aliphatic heterocycles. The standard InChI is InChI=1S/C16H19N3O2/c1-18-7-6-13(12-18)16(20)17-14-4-2-3-5-15(14)19-8-10-21-11-9-19/h2-7,12H,8-11H2,1H3,(H,17,20). The van der Waals surface area contributed by atoms with E-state index < -0.39 is 0 Å². The normalized spacial score (nSPS) is 15.0. The van der Waals surface area contributed by atoms with Gasteiger partial charge in [-0.2, -0.15) is 0 Å². The van der Waals surface area contributed by atoms with E-state index in [1.165, 1.54) is 0 Å². The number of morpholine rings is 1. The molecule has 5 nitrogen and oxygen atoms in total. The van der Waals surface area contributed by atoms with Crippen molar-refractivity contribution in [3.63, 3.8) is 0 Å². The van der Waals surface area contributed by atoms with Crippen LogP contribution in [0, 0.1) is 0 Å². The maximum absolute atomic E-state index is 12.3. The monoisotopic (exact) mass is 285 g/mol. The highest BCUT2D eigenvalue weighted by atomic mass is 16.5. The number of benzene rings is 1. The molecular weight excluding hydrogens is 266 g/mol. The van der Waals surface area contributed by atoms with E-state index in [9.17, 15) is 4.79 Å². The maximum Gasteiger partial charge on any atom is 0.257 e. The molecule has 0 atom stereocenters. The number of carbonyl (C=O) groups is 1. The average molecular weight is 285 g/mol. The van der Waals surface area contributed by atoms with Crippen LogP contribution in [0.15, 0.2) is 42.7 Å². The molecule has 0 bridgehead atoms. The Hall–Kier alpha value is -2.27. The van der Waals surface area contributed by atoms with Gasteiger partial charge in [-0.05, 0) is 18.2 Å². The maximum atomic E-state index is 12.3. The van der Waals surface area contributed by atoms with Crippen molar-refractivity contribution in [2.45, 2.75) is 0 Å². The van der Waals surface area contributed by atoms with Gasteiger partial charge in [-0.25, -0.2) is 0 Å². The molecule has 110 valence electrons. The van der Waals surface area contributed by atoms with Gasteiger partial charge in [-0.15, -0.1) is 0 Å². The van der Waals surface area contributed by atoms with Gasteiger partial charge in [-0.3, -0.25) is 4.79 Å². The molecule has 1 fully saturated rings. The molecule has 1 aromatic carbocycles. The minimum atomic E-state index is -0.0868. The average Bonchev–Trinajstić information content (AvgIpc) is 2.95. The molecule has 3 rings (SSSR count). The van der Waals surface area contributed by atoms with Crippen LogP contribution in [0.4, 0.5) is 11.4 Å². The summed E-state index contributed by atoms with van der Waals surface area (Å²) in [4.78, 5) is 14.5. The Balaban J connectivity index is 1.80. The zero-order valence-corrected chi connectivity index (χ0v) is 12.1. The summed E-state index contributed by atoms with van der Waals surface area (Å²) in [5.41, 5.74) is 2.55. The van der Waals surface area contributed by atoms with Crippen LogP contribution in [0.2, 0.25) is 0 Å². The molecule has 1 N–H and O–H groups in total. The van der Waals surface area contributed by atoms with Crippen LogP contribution in [0.25, 0.3) is 0 Å². The molecule has 0 aliphatic carbocycles. The zero-order valence-electron chi connectivity index (χ0n) is 12.1. The van der Waals surface area contributed by atoms with Crippen molar-refractivity contribution >= 4 is 17.3 Å². The van der Waals surface area contributed by atoms with Crippen molar-refractivity contribution in [1.82, 2.24) is 4.57 Å². The first kappa shape index (κ1) is 13.7. The third-order valence-electron chi connectivity index (χ3n) is 3.60. The first-order chi connectivity index (χ1) is 10.2. The molecule has 0 spiro atoms. The van der Waals surface area contributed by atoms with Crippen LogP contribution in [0.5, 0.6) is 0 Å². The van der Waals surface area contributed by atoms with Crippen LogP contribution >= 0.6 is 0 Å². The number of aromatic nitrogens is 1. The molecule has 2 heterocycles. The highest BCUT2D eigenvalue weighted by molar-refractivity contribution is 6.05. The van der Waals surface area contributed by atoms with Crippen molar-refractivity contribution in [3.8, 4) is 0 Å². The van der Waals surface area contributed by atoms with Crippen molar-refractivity contribution in [3.05, 3.63) is 48.3 Å². The second-order valence-electron chi connectivity index (χ2n) is 5.14. The van der Waals surface area contributed by atoms with E-state index in [-0.39, 0.29) is 5.91 Å². The number of hydrogen-bond donors (Lipinski definition) is 1. The van der Waals surface area contributed by atoms with Gasteiger partial charge >= 0.3 is 0 Å². The number of hydrogen-bond acceptors (Lipinski definition) is 3. The second kappa shape index (κ2) is 6.01. The predicted molar refractivity (Wildman–Crippen MR) is 82.8 cm³/mol. The van der Waals surface area contributed by atoms with Crippen LogP contribution < -0.4 is 10.2 Å². The SMILES string of the molecule is Cn1ccc(C(=O)Nc2ccccc2N2CCOCC2)c1. The van der Waals surface area contributed by atoms with Crippen molar-refractivity contribution < 1.29 is 9.53 Å². The summed E-state index contributed by atoms with van der Waals surface area (Å²) in [5, 5.41) is 3.00. The third kappa shape index (κ3) is 3.08. The molecule has 0 radical (unpaired) electrons. The number of nitrogens with zero attached hydrogens (tertiary/aromatic N) is 2. The molecule has 0 saturated carbocycles. The van der Waals surface area contributed by atoms with E-state index in [1.54, 1.807) is 0 Å². The van der Waals surface area contributed by atoms with Crippen molar-refractivity contribution in [2.24, 2.45) is 7.05 Å². The lowest BCUT2D eigenvalue weighted by molar-refractivity contribution is 0.102. The van der Waals surface area contributed by atoms with Crippen molar-refractivity contribution in [2.75, 3.05) is 36.5 Å². The lowest BCUT2D eigenvalue weighted by Gasteiger charge is -2.30. The van der Waals surface area contributed by atoms with Crippen molar-refractivity contribution in [1.29, 1.82) is 0 Å². The number of anilines is 2. The summed E-state index contributed by atoms with van der Waals surface area (Å²) in [6, 6.07) is 9.71. The third-order valence-corrected chi connectivity index (χ3v) is 3.60. The van der Waals surface area contributed by atoms with Gasteiger partial charge in [0.25, 0.3) is 5.91 Å².